The first-order chi connectivity index (χ1) is 32.5. The van der Waals surface area contributed by atoms with Crippen molar-refractivity contribution in [2.24, 2.45) is 0 Å². The third-order valence-corrected chi connectivity index (χ3v) is 12.5. The van der Waals surface area contributed by atoms with E-state index < -0.39 is 140 Å². The zero-order chi connectivity index (χ0) is 51.5. The number of aliphatic hydroxyl groups is 2. The molecular weight excluding hydrogens is 1110 g/mol. The Morgan fingerprint density at radius 1 is 0.527 bits per heavy atom. The van der Waals surface area contributed by atoms with Gasteiger partial charge in [-0.05, 0) is 59.4 Å². The van der Waals surface area contributed by atoms with Crippen molar-refractivity contribution in [2.75, 3.05) is 13.2 Å². The van der Waals surface area contributed by atoms with E-state index in [1.165, 1.54) is 97.1 Å². The number of hydrogen-bond donors (Lipinski definition) is 6. The third kappa shape index (κ3) is 19.7. The molecule has 26 nitrogen and oxygen atoms in total. The summed E-state index contributed by atoms with van der Waals surface area (Å²) in [4.78, 5) is 27.4. The molecule has 0 unspecified atom stereocenters. The van der Waals surface area contributed by atoms with Crippen LogP contribution in [0.1, 0.15) is 31.8 Å². The van der Waals surface area contributed by atoms with Crippen LogP contribution in [0.2, 0.25) is 0 Å². The number of carbonyl (C=O) groups excluding carboxylic acids is 2. The molecule has 2 amide bonds. The van der Waals surface area contributed by atoms with E-state index in [9.17, 15) is 77.3 Å². The van der Waals surface area contributed by atoms with Crippen molar-refractivity contribution in [1.29, 1.82) is 0 Å². The Morgan fingerprint density at radius 2 is 0.878 bits per heavy atom. The molecule has 6 N–H and O–H groups in total. The predicted octanol–water partition coefficient (Wildman–Crippen LogP) is -15.0. The zero-order valence-electron chi connectivity index (χ0n) is 39.4. The number of benzene rings is 4. The molecule has 0 saturated carbocycles. The van der Waals surface area contributed by atoms with Crippen molar-refractivity contribution in [3.63, 3.8) is 0 Å². The van der Waals surface area contributed by atoms with Gasteiger partial charge in [0.05, 0.1) is 25.3 Å². The maximum absolute atomic E-state index is 14.5. The first-order valence-corrected chi connectivity index (χ1v) is 25.5. The molecule has 74 heavy (non-hydrogen) atoms. The normalized spacial score (nSPS) is 26.1. The van der Waals surface area contributed by atoms with Crippen LogP contribution < -0.4 is 139 Å². The minimum absolute atomic E-state index is 0. The second kappa shape index (κ2) is 28.5. The van der Waals surface area contributed by atoms with Crippen LogP contribution in [0.5, 0.6) is 0 Å². The van der Waals surface area contributed by atoms with Gasteiger partial charge in [0.25, 0.3) is 11.8 Å². The maximum Gasteiger partial charge on any atom is 1.00 e. The minimum Gasteiger partial charge on any atom is -0.827 e. The number of nitrogens with one attached hydrogen (secondary N) is 2. The van der Waals surface area contributed by atoms with E-state index in [4.69, 9.17) is 14.0 Å². The van der Waals surface area contributed by atoms with Crippen LogP contribution in [0, 0.1) is 0 Å². The van der Waals surface area contributed by atoms with E-state index in [-0.39, 0.29) is 140 Å². The van der Waals surface area contributed by atoms with Gasteiger partial charge in [-0.15, -0.1) is 0 Å². The number of rotatable bonds is 19. The number of ether oxygens (including phenoxy) is 2. The van der Waals surface area contributed by atoms with Crippen LogP contribution in [-0.2, 0) is 80.6 Å². The Labute approximate surface area is 513 Å². The van der Waals surface area contributed by atoms with Gasteiger partial charge in [-0.25, -0.2) is 25.2 Å². The van der Waals surface area contributed by atoms with Crippen molar-refractivity contribution in [1.82, 2.24) is 10.6 Å². The Bertz CT molecular complexity index is 2760. The summed E-state index contributed by atoms with van der Waals surface area (Å²) >= 11 is 0. The summed E-state index contributed by atoms with van der Waals surface area (Å²) in [6, 6.07) is 21.1. The molecule has 0 radical (unpaired) electrons. The summed E-state index contributed by atoms with van der Waals surface area (Å²) in [7, 11) is -21.9. The molecule has 0 aliphatic carbocycles. The number of carbonyl (C=O) groups is 2. The summed E-state index contributed by atoms with van der Waals surface area (Å²) in [6.45, 7) is -2.56. The molecular formula is C40H40N2Na4O24S4. The molecule has 2 fully saturated rings. The van der Waals surface area contributed by atoms with Gasteiger partial charge in [0.15, 0.2) is 0 Å². The van der Waals surface area contributed by atoms with Crippen LogP contribution in [-0.4, -0.2) is 147 Å². The van der Waals surface area contributed by atoms with Gasteiger partial charge in [-0.2, -0.15) is 16.8 Å². The Balaban J connectivity index is 0.00000469. The first kappa shape index (κ1) is 69.2. The molecule has 382 valence electrons. The quantitative estimate of drug-likeness (QED) is 0.0288. The summed E-state index contributed by atoms with van der Waals surface area (Å²) in [5.41, 5.74) is 0.832. The van der Waals surface area contributed by atoms with Gasteiger partial charge in [-0.3, -0.25) is 27.1 Å². The number of hydrogen-bond acceptors (Lipinski definition) is 22. The summed E-state index contributed by atoms with van der Waals surface area (Å²) in [5.74, 6) is -8.21. The van der Waals surface area contributed by atoms with Crippen molar-refractivity contribution < 1.29 is 226 Å². The topological polar surface area (TPSA) is 423 Å². The van der Waals surface area contributed by atoms with Crippen molar-refractivity contribution >= 4 is 53.4 Å². The number of aliphatic hydroxyl groups excluding tert-OH is 2. The molecule has 0 spiro atoms. The van der Waals surface area contributed by atoms with Gasteiger partial charge in [0.2, 0.25) is 20.8 Å². The Morgan fingerprint density at radius 3 is 1.20 bits per heavy atom. The van der Waals surface area contributed by atoms with Gasteiger partial charge in [-0.1, -0.05) is 84.9 Å². The molecule has 4 aromatic carbocycles. The van der Waals surface area contributed by atoms with Crippen LogP contribution in [0.15, 0.2) is 109 Å². The monoisotopic (exact) mass is 1150 g/mol. The molecule has 6 rings (SSSR count). The van der Waals surface area contributed by atoms with Crippen LogP contribution in [0.25, 0.3) is 11.1 Å². The molecule has 34 heteroatoms. The van der Waals surface area contributed by atoms with E-state index in [1.54, 1.807) is 12.1 Å². The average molecular weight is 1150 g/mol. The second-order valence-corrected chi connectivity index (χ2v) is 19.9. The molecule has 0 aromatic heterocycles. The standard InChI is InChI=1S/C40H42N2O24S4.4Na/c43-31-29(21-61-67(49,50)51)63-39(47,19-23-7-3-1-4-8-23)35(33(31)65-69(55,56)57)41-37(45)27-15-11-25(12-16-27)26-13-17-28(18-14-26)38(46)42-36-34(66-70(58,59)60)32(44)30(22-62-68(52,53)54)64-40(36,48)20-24-9-5-2-6-10-24;;;;/h1-18,29-36,43-44H,19-22H2,(H,41,45)(H,42,46)(H,49,50,51)(H,52,53,54)(H,55,56,57)(H,58,59,60);;;;/q-2;4*+1/p-2/t29-,30-,31-,32-,33+,34+,35-,36-,39+,40+;;;;/m1..../s1. The minimum atomic E-state index is -5.76. The molecule has 10 atom stereocenters. The summed E-state index contributed by atoms with van der Waals surface area (Å²) < 4.78 is 163. The Hall–Kier alpha value is -0.940. The van der Waals surface area contributed by atoms with E-state index >= 15 is 0 Å². The summed E-state index contributed by atoms with van der Waals surface area (Å²) in [6.07, 6.45) is -14.9. The fraction of sp³-hybridized carbons (Fsp3) is 0.350. The molecule has 2 aliphatic heterocycles. The Kier molecular flexibility index (Phi) is 26.6. The average Bonchev–Trinajstić information content (AvgIpc) is 3.27. The van der Waals surface area contributed by atoms with E-state index in [2.05, 4.69) is 27.4 Å². The zero-order valence-corrected chi connectivity index (χ0v) is 50.7. The number of amides is 2. The maximum atomic E-state index is 14.5. The van der Waals surface area contributed by atoms with E-state index in [1.807, 2.05) is 0 Å². The fourth-order valence-electron chi connectivity index (χ4n) is 7.71. The fourth-order valence-corrected chi connectivity index (χ4v) is 9.32. The SMILES string of the molecule is O=C(N[C@@H]1[C@@H](OS(=O)(=O)[O-])[C@H](O)[C@@H](COS(=O)(=O)[O-])O[C@@]1([O-])Cc1ccccc1)c1ccc(-c2ccc(C(=O)N[C@@H]3[C@@H](OS(=O)(=O)O)[C@H](O)[C@@H](COS(=O)(=O)O)O[C@@]3([O-])Cc3ccccc3)cc2)cc1.[Na+].[Na+].[Na+].[Na+]. The largest absolute Gasteiger partial charge is 1.00 e. The second-order valence-electron chi connectivity index (χ2n) is 15.7. The van der Waals surface area contributed by atoms with Gasteiger partial charge in [0, 0.05) is 22.7 Å². The van der Waals surface area contributed by atoms with Crippen molar-refractivity contribution in [3.8, 4) is 11.1 Å². The molecule has 4 aromatic rings. The van der Waals surface area contributed by atoms with Gasteiger partial charge in [0.1, 0.15) is 36.6 Å². The van der Waals surface area contributed by atoms with Crippen LogP contribution in [0.4, 0.5) is 0 Å². The van der Waals surface area contributed by atoms with Crippen molar-refractivity contribution in [3.05, 3.63) is 131 Å². The molecule has 0 bridgehead atoms. The predicted molar refractivity (Wildman–Crippen MR) is 226 cm³/mol. The van der Waals surface area contributed by atoms with E-state index in [0.717, 1.165) is 0 Å². The molecule has 2 saturated heterocycles. The van der Waals surface area contributed by atoms with E-state index in [0.29, 0.717) is 11.1 Å². The van der Waals surface area contributed by atoms with Crippen LogP contribution in [0.3, 0.4) is 0 Å². The van der Waals surface area contributed by atoms with Gasteiger partial charge < -0.3 is 49.6 Å². The molecule has 2 aliphatic rings. The van der Waals surface area contributed by atoms with Gasteiger partial charge >= 0.3 is 139 Å². The third-order valence-electron chi connectivity index (χ3n) is 10.7. The first-order valence-electron chi connectivity index (χ1n) is 20.1. The van der Waals surface area contributed by atoms with Crippen LogP contribution >= 0.6 is 0 Å². The smallest absolute Gasteiger partial charge is 0.827 e. The molecule has 2 heterocycles. The summed E-state index contributed by atoms with van der Waals surface area (Å²) in [5, 5.41) is 55.6. The van der Waals surface area contributed by atoms with Crippen molar-refractivity contribution in [2.45, 2.75) is 73.1 Å².